The minimum absolute atomic E-state index is 0. The van der Waals surface area contributed by atoms with Crippen molar-refractivity contribution in [2.45, 2.75) is 26.2 Å². The molecule has 6 rings (SSSR count). The van der Waals surface area contributed by atoms with E-state index in [4.69, 9.17) is 5.41 Å². The number of benzene rings is 4. The third-order valence-corrected chi connectivity index (χ3v) is 7.00. The van der Waals surface area contributed by atoms with Gasteiger partial charge in [-0.2, -0.15) is 6.21 Å². The number of aromatic nitrogens is 1. The van der Waals surface area contributed by atoms with E-state index in [-0.39, 0.29) is 31.3 Å². The van der Waals surface area contributed by atoms with Crippen molar-refractivity contribution in [3.63, 3.8) is 0 Å². The summed E-state index contributed by atoms with van der Waals surface area (Å²) in [4.78, 5) is 4.49. The predicted octanol–water partition coefficient (Wildman–Crippen LogP) is 6.60. The van der Waals surface area contributed by atoms with Gasteiger partial charge in [0.05, 0.1) is 0 Å². The summed E-state index contributed by atoms with van der Waals surface area (Å²) in [6, 6.07) is 33.6. The number of rotatable bonds is 2. The summed E-state index contributed by atoms with van der Waals surface area (Å²) >= 11 is 0. The maximum absolute atomic E-state index is 14.4. The number of pyridine rings is 1. The van der Waals surface area contributed by atoms with Crippen LogP contribution >= 0.6 is 0 Å². The van der Waals surface area contributed by atoms with E-state index in [1.807, 2.05) is 60.7 Å². The van der Waals surface area contributed by atoms with Crippen molar-refractivity contribution in [2.24, 2.45) is 0 Å². The van der Waals surface area contributed by atoms with Crippen molar-refractivity contribution < 1.29 is 24.5 Å². The zero-order valence-electron chi connectivity index (χ0n) is 21.4. The summed E-state index contributed by atoms with van der Waals surface area (Å²) in [6.07, 6.45) is 4.55. The van der Waals surface area contributed by atoms with Crippen LogP contribution in [0.3, 0.4) is 0 Å². The van der Waals surface area contributed by atoms with Gasteiger partial charge in [0.1, 0.15) is 0 Å². The molecule has 1 aromatic heterocycles. The van der Waals surface area contributed by atoms with Gasteiger partial charge < -0.3 is 10.4 Å². The van der Waals surface area contributed by atoms with Gasteiger partial charge in [-0.15, -0.1) is 65.2 Å². The quantitative estimate of drug-likeness (QED) is 0.154. The molecule has 38 heavy (non-hydrogen) atoms. The van der Waals surface area contributed by atoms with E-state index in [0.717, 1.165) is 55.4 Å². The van der Waals surface area contributed by atoms with Crippen LogP contribution in [0.5, 0.6) is 0 Å². The van der Waals surface area contributed by atoms with E-state index in [2.05, 4.69) is 50.0 Å². The van der Waals surface area contributed by atoms with Gasteiger partial charge in [0.25, 0.3) is 0 Å². The maximum Gasteiger partial charge on any atom is 3.00 e. The summed E-state index contributed by atoms with van der Waals surface area (Å²) in [6.45, 7) is 6.19. The topological polar surface area (TPSA) is 35.2 Å². The van der Waals surface area contributed by atoms with Gasteiger partial charge in [-0.1, -0.05) is 80.1 Å². The first kappa shape index (κ1) is 27.3. The number of fused-ring (bicyclic) bond motifs is 2. The largest absolute Gasteiger partial charge is 3.00 e. The van der Waals surface area contributed by atoms with Gasteiger partial charge in [-0.25, -0.2) is 4.39 Å². The van der Waals surface area contributed by atoms with Crippen LogP contribution < -0.4 is 10.4 Å². The molecule has 188 valence electrons. The summed E-state index contributed by atoms with van der Waals surface area (Å²) in [5.74, 6) is -0.183. The molecule has 0 N–H and O–H groups in total. The maximum atomic E-state index is 14.4. The Morgan fingerprint density at radius 3 is 2.47 bits per heavy atom. The predicted molar refractivity (Wildman–Crippen MR) is 151 cm³/mol. The van der Waals surface area contributed by atoms with E-state index >= 15 is 0 Å². The summed E-state index contributed by atoms with van der Waals surface area (Å²) in [5, 5.41) is 13.3. The first-order valence-electron chi connectivity index (χ1n) is 12.2. The monoisotopic (exact) mass is 674 g/mol. The Bertz CT molecular complexity index is 1740. The van der Waals surface area contributed by atoms with Gasteiger partial charge >= 0.3 is 20.1 Å². The van der Waals surface area contributed by atoms with Gasteiger partial charge in [0.2, 0.25) is 0 Å². The van der Waals surface area contributed by atoms with E-state index in [9.17, 15) is 4.39 Å². The van der Waals surface area contributed by atoms with Crippen LogP contribution in [0.1, 0.15) is 37.5 Å². The smallest absolute Gasteiger partial charge is 0.811 e. The molecule has 0 spiro atoms. The molecule has 2 nitrogen and oxygen atoms in total. The molecule has 0 saturated carbocycles. The molecule has 4 heteroatoms. The van der Waals surface area contributed by atoms with E-state index in [1.165, 1.54) is 6.07 Å². The van der Waals surface area contributed by atoms with Crippen LogP contribution in [0.25, 0.3) is 39.1 Å². The molecular formula is C34H26FIrN2. The standard InChI is InChI=1S/C18H13FN.C16H13N.Ir/c1-18(2)13-7-3-5-11-9-10-20-17(15(11)13)12-6-4-8-14(19)16(12)18;1-13(14-7-3-2-4-8-14)16-10-6-5-9-15(16)11-12-17;/h3-5,7-10H,1-2H3;2-7,9-12H,1H3;/q-1;-2;+3/b;15-11-,16-13+;. The van der Waals surface area contributed by atoms with Crippen LogP contribution in [0.15, 0.2) is 91.1 Å². The second-order valence-electron chi connectivity index (χ2n) is 9.57. The number of hydrogen-bond donors (Lipinski definition) is 0. The summed E-state index contributed by atoms with van der Waals surface area (Å²) in [5.41, 5.74) is 5.30. The average molecular weight is 674 g/mol. The zero-order valence-corrected chi connectivity index (χ0v) is 23.8. The summed E-state index contributed by atoms with van der Waals surface area (Å²) < 4.78 is 14.4. The van der Waals surface area contributed by atoms with Crippen molar-refractivity contribution in [1.82, 2.24) is 4.98 Å². The van der Waals surface area contributed by atoms with E-state index < -0.39 is 0 Å². The van der Waals surface area contributed by atoms with Crippen LogP contribution in [0, 0.1) is 17.9 Å². The second kappa shape index (κ2) is 11.3. The van der Waals surface area contributed by atoms with Gasteiger partial charge in [0.15, 0.2) is 0 Å². The van der Waals surface area contributed by atoms with Crippen molar-refractivity contribution in [2.75, 3.05) is 0 Å². The molecule has 1 aliphatic rings. The normalized spacial score (nSPS) is 13.9. The third-order valence-electron chi connectivity index (χ3n) is 7.00. The Morgan fingerprint density at radius 1 is 0.921 bits per heavy atom. The molecule has 0 unspecified atom stereocenters. The van der Waals surface area contributed by atoms with Crippen molar-refractivity contribution in [3.05, 3.63) is 142 Å². The van der Waals surface area contributed by atoms with Crippen LogP contribution in [0.4, 0.5) is 4.39 Å². The molecule has 1 heterocycles. The Labute approximate surface area is 236 Å². The van der Waals surface area contributed by atoms with Crippen LogP contribution in [-0.2, 0) is 25.5 Å². The first-order valence-corrected chi connectivity index (χ1v) is 12.2. The first-order chi connectivity index (χ1) is 17.9. The minimum atomic E-state index is -0.382. The number of halogens is 1. The summed E-state index contributed by atoms with van der Waals surface area (Å²) in [7, 11) is 0. The molecule has 0 bridgehead atoms. The Morgan fingerprint density at radius 2 is 1.71 bits per heavy atom. The van der Waals surface area contributed by atoms with Gasteiger partial charge in [0, 0.05) is 12.0 Å². The molecule has 1 aliphatic carbocycles. The van der Waals surface area contributed by atoms with Gasteiger partial charge in [-0.05, 0) is 38.7 Å². The fourth-order valence-electron chi connectivity index (χ4n) is 5.18. The second-order valence-corrected chi connectivity index (χ2v) is 9.57. The SMILES string of the molecule is C/C(c1[c-]cccc1)=c1/cccc/c1=C/C=[N-].CC1(C)c2c([c-]ccc2F)-c2nccc3cccc1c23.[Ir+3]. The average Bonchev–Trinajstić information content (AvgIpc) is 2.92. The minimum Gasteiger partial charge on any atom is -0.811 e. The molecule has 0 aliphatic heterocycles. The van der Waals surface area contributed by atoms with Crippen molar-refractivity contribution in [1.29, 1.82) is 0 Å². The molecule has 0 saturated heterocycles. The molecule has 0 atom stereocenters. The van der Waals surface area contributed by atoms with Crippen LogP contribution in [-0.4, -0.2) is 11.2 Å². The number of hydrogen-bond acceptors (Lipinski definition) is 1. The van der Waals surface area contributed by atoms with Crippen molar-refractivity contribution in [3.8, 4) is 11.3 Å². The Balaban J connectivity index is 0.000000175. The molecule has 5 aromatic rings. The fourth-order valence-corrected chi connectivity index (χ4v) is 5.18. The Kier molecular flexibility index (Phi) is 8.16. The van der Waals surface area contributed by atoms with Crippen LogP contribution in [0.2, 0.25) is 0 Å². The van der Waals surface area contributed by atoms with Gasteiger partial charge in [-0.3, -0.25) is 0 Å². The fraction of sp³-hybridized carbons (Fsp3) is 0.118. The van der Waals surface area contributed by atoms with Crippen molar-refractivity contribution >= 4 is 28.6 Å². The van der Waals surface area contributed by atoms with E-state index in [1.54, 1.807) is 18.3 Å². The molecule has 0 amide bonds. The molecule has 0 fully saturated rings. The number of nitrogens with zero attached hydrogens (tertiary/aromatic N) is 2. The molecular weight excluding hydrogens is 648 g/mol. The Hall–Kier alpha value is -3.72. The molecule has 0 radical (unpaired) electrons. The zero-order chi connectivity index (χ0) is 26.0. The molecule has 4 aromatic carbocycles. The van der Waals surface area contributed by atoms with E-state index in [0.29, 0.717) is 5.56 Å². The third kappa shape index (κ3) is 4.90.